The summed E-state index contributed by atoms with van der Waals surface area (Å²) < 4.78 is 0. The van der Waals surface area contributed by atoms with E-state index in [2.05, 4.69) is 0 Å². The fourth-order valence-electron chi connectivity index (χ4n) is 0. The fraction of sp³-hybridized carbons (Fsp3) is 0.833. The van der Waals surface area contributed by atoms with Gasteiger partial charge in [-0.15, -0.1) is 0 Å². The van der Waals surface area contributed by atoms with E-state index >= 15 is 0 Å². The molecule has 0 aromatic carbocycles. The molecule has 0 aliphatic carbocycles. The second-order valence-electron chi connectivity index (χ2n) is 0.747. The molecule has 0 aliphatic rings. The van der Waals surface area contributed by atoms with E-state index in [0.29, 0.717) is 0 Å². The molecule has 0 atom stereocenters. The summed E-state index contributed by atoms with van der Waals surface area (Å²) in [5.41, 5.74) is 0. The Bertz CT molecular complexity index is 51.2. The zero-order chi connectivity index (χ0) is 10.3. The number of aliphatic hydroxyl groups is 3. The van der Waals surface area contributed by atoms with Crippen molar-refractivity contribution in [3.63, 3.8) is 0 Å². The number of carboxylic acids is 1. The molecule has 0 aromatic heterocycles. The van der Waals surface area contributed by atoms with Crippen LogP contribution in [0.1, 0.15) is 13.3 Å². The minimum absolute atomic E-state index is 0. The van der Waals surface area contributed by atoms with E-state index in [1.165, 1.54) is 0 Å². The molecule has 4 N–H and O–H groups in total. The number of carboxylic acid groups (broad SMARTS) is 1. The number of rotatable bonds is 1. The third kappa shape index (κ3) is 194. The van der Waals surface area contributed by atoms with Crippen LogP contribution in [-0.4, -0.2) is 47.7 Å². The number of hydrogen-bond donors (Lipinski definition) is 4. The van der Waals surface area contributed by atoms with Crippen molar-refractivity contribution in [2.45, 2.75) is 13.3 Å². The summed E-state index contributed by atoms with van der Waals surface area (Å²) in [4.78, 5) is 9.37. The van der Waals surface area contributed by atoms with Crippen molar-refractivity contribution in [1.29, 1.82) is 0 Å². The van der Waals surface area contributed by atoms with Crippen LogP contribution in [0.5, 0.6) is 0 Å². The molecular formula is C6H18O5Ti. The number of carbonyl (C=O) groups is 1. The first-order chi connectivity index (χ1) is 5.27. The van der Waals surface area contributed by atoms with E-state index < -0.39 is 5.97 Å². The van der Waals surface area contributed by atoms with Crippen molar-refractivity contribution in [2.75, 3.05) is 21.3 Å². The molecule has 0 aromatic rings. The molecule has 0 heterocycles. The molecule has 0 unspecified atom stereocenters. The molecule has 5 nitrogen and oxygen atoms in total. The third-order valence-corrected chi connectivity index (χ3v) is 0.302. The second kappa shape index (κ2) is 67.8. The minimum atomic E-state index is -0.745. The Morgan fingerprint density at radius 1 is 1.00 bits per heavy atom. The van der Waals surface area contributed by atoms with Crippen LogP contribution in [-0.2, 0) is 26.5 Å². The van der Waals surface area contributed by atoms with Gasteiger partial charge in [0.2, 0.25) is 0 Å². The van der Waals surface area contributed by atoms with Gasteiger partial charge in [-0.2, -0.15) is 0 Å². The summed E-state index contributed by atoms with van der Waals surface area (Å²) in [7, 11) is 3.00. The maximum Gasteiger partial charge on any atom is 0.303 e. The van der Waals surface area contributed by atoms with E-state index in [4.69, 9.17) is 20.4 Å². The summed E-state index contributed by atoms with van der Waals surface area (Å²) in [5, 5.41) is 28.7. The first-order valence-corrected chi connectivity index (χ1v) is 2.83. The molecule has 0 aliphatic heterocycles. The van der Waals surface area contributed by atoms with Crippen molar-refractivity contribution in [3.05, 3.63) is 0 Å². The normalized spacial score (nSPS) is 4.58. The van der Waals surface area contributed by atoms with Crippen LogP contribution in [0.3, 0.4) is 0 Å². The van der Waals surface area contributed by atoms with E-state index in [-0.39, 0.29) is 28.1 Å². The molecule has 0 saturated heterocycles. The van der Waals surface area contributed by atoms with Gasteiger partial charge in [0.25, 0.3) is 0 Å². The van der Waals surface area contributed by atoms with E-state index in [1.54, 1.807) is 6.92 Å². The Morgan fingerprint density at radius 2 is 1.08 bits per heavy atom. The third-order valence-electron chi connectivity index (χ3n) is 0.302. The molecule has 0 amide bonds. The Morgan fingerprint density at radius 3 is 1.08 bits per heavy atom. The van der Waals surface area contributed by atoms with E-state index in [9.17, 15) is 4.79 Å². The Balaban J connectivity index is -0.0000000203. The van der Waals surface area contributed by atoms with Gasteiger partial charge >= 0.3 is 5.97 Å². The molecule has 0 saturated carbocycles. The van der Waals surface area contributed by atoms with Crippen molar-refractivity contribution < 1.29 is 46.9 Å². The number of aliphatic carboxylic acids is 1. The topological polar surface area (TPSA) is 98.0 Å². The second-order valence-corrected chi connectivity index (χ2v) is 0.747. The predicted molar refractivity (Wildman–Crippen MR) is 42.4 cm³/mol. The van der Waals surface area contributed by atoms with Gasteiger partial charge in [-0.05, 0) is 0 Å². The Labute approximate surface area is 87.9 Å². The first-order valence-electron chi connectivity index (χ1n) is 2.83. The largest absolute Gasteiger partial charge is 0.481 e. The van der Waals surface area contributed by atoms with E-state index in [0.717, 1.165) is 21.3 Å². The van der Waals surface area contributed by atoms with Crippen LogP contribution < -0.4 is 0 Å². The van der Waals surface area contributed by atoms with Gasteiger partial charge in [0.1, 0.15) is 0 Å². The maximum atomic E-state index is 9.37. The predicted octanol–water partition coefficient (Wildman–Crippen LogP) is -0.696. The summed E-state index contributed by atoms with van der Waals surface area (Å²) in [6.45, 7) is 1.60. The van der Waals surface area contributed by atoms with Crippen molar-refractivity contribution in [3.8, 4) is 0 Å². The monoisotopic (exact) mass is 218 g/mol. The minimum Gasteiger partial charge on any atom is -0.481 e. The van der Waals surface area contributed by atoms with Crippen molar-refractivity contribution in [1.82, 2.24) is 0 Å². The van der Waals surface area contributed by atoms with Crippen molar-refractivity contribution >= 4 is 5.97 Å². The number of aliphatic hydroxyl groups excluding tert-OH is 3. The molecule has 0 fully saturated rings. The summed E-state index contributed by atoms with van der Waals surface area (Å²) in [6.07, 6.45) is 0.222. The van der Waals surface area contributed by atoms with Gasteiger partial charge < -0.3 is 20.4 Å². The first kappa shape index (κ1) is 29.6. The van der Waals surface area contributed by atoms with Crippen LogP contribution >= 0.6 is 0 Å². The average molecular weight is 218 g/mol. The van der Waals surface area contributed by atoms with Gasteiger partial charge in [0.05, 0.1) is 0 Å². The maximum absolute atomic E-state index is 9.37. The number of hydrogen-bond acceptors (Lipinski definition) is 4. The molecule has 0 rings (SSSR count). The van der Waals surface area contributed by atoms with Crippen LogP contribution in [0.15, 0.2) is 0 Å². The molecule has 12 heavy (non-hydrogen) atoms. The average Bonchev–Trinajstić information content (AvgIpc) is 2.15. The van der Waals surface area contributed by atoms with Gasteiger partial charge in [-0.25, -0.2) is 0 Å². The Hall–Kier alpha value is 0.0643. The summed E-state index contributed by atoms with van der Waals surface area (Å²) in [5.74, 6) is -0.745. The van der Waals surface area contributed by atoms with Crippen LogP contribution in [0.25, 0.3) is 0 Å². The quantitative estimate of drug-likeness (QED) is 0.436. The Kier molecular flexibility index (Phi) is 167. The fourth-order valence-corrected chi connectivity index (χ4v) is 0. The van der Waals surface area contributed by atoms with Crippen LogP contribution in [0.4, 0.5) is 0 Å². The molecule has 0 bridgehead atoms. The van der Waals surface area contributed by atoms with Gasteiger partial charge in [-0.3, -0.25) is 4.79 Å². The molecule has 0 radical (unpaired) electrons. The van der Waals surface area contributed by atoms with Crippen LogP contribution in [0.2, 0.25) is 0 Å². The molecular weight excluding hydrogens is 200 g/mol. The van der Waals surface area contributed by atoms with Gasteiger partial charge in [-0.1, -0.05) is 6.92 Å². The standard InChI is InChI=1S/C3H6O2.3CH4O.Ti/c1-2-3(4)5;3*1-2;/h2H2,1H3,(H,4,5);3*2H,1H3;. The zero-order valence-corrected chi connectivity index (χ0v) is 9.47. The zero-order valence-electron chi connectivity index (χ0n) is 7.90. The molecule has 0 spiro atoms. The van der Waals surface area contributed by atoms with Crippen molar-refractivity contribution in [2.24, 2.45) is 0 Å². The molecule has 6 heteroatoms. The summed E-state index contributed by atoms with van der Waals surface area (Å²) >= 11 is 0. The molecule has 76 valence electrons. The van der Waals surface area contributed by atoms with E-state index in [1.807, 2.05) is 0 Å². The van der Waals surface area contributed by atoms with Gasteiger partial charge in [0, 0.05) is 49.5 Å². The SMILES string of the molecule is CCC(=O)O.CO.CO.CO.[Ti]. The smallest absolute Gasteiger partial charge is 0.303 e. The van der Waals surface area contributed by atoms with Crippen LogP contribution in [0, 0.1) is 0 Å². The summed E-state index contributed by atoms with van der Waals surface area (Å²) in [6, 6.07) is 0. The van der Waals surface area contributed by atoms with Gasteiger partial charge in [0.15, 0.2) is 0 Å².